The number of hydrogen-bond donors (Lipinski definition) is 1. The van der Waals surface area contributed by atoms with Crippen LogP contribution in [-0.2, 0) is 4.74 Å². The minimum Gasteiger partial charge on any atom is -0.463 e. The molecule has 2 bridgehead atoms. The summed E-state index contributed by atoms with van der Waals surface area (Å²) in [5.74, 6) is -0.677. The first-order valence-electron chi connectivity index (χ1n) is 15.3. The van der Waals surface area contributed by atoms with Gasteiger partial charge in [0.25, 0.3) is 0 Å². The standard InChI is InChI=1S/C34H38ClF2N5O2/c1-4-15-43-20-21(2)41(3)14-7-16-44-34-39-32-26(33(40-34)42-18-23-11-12-24(19-42)38-23)17-27(35)30(31(32)37)29-25-9-6-5-8-22(25)10-13-28(29)36/h5-6,8-10,13,17,23-24,38H,2,4,7,11-12,14-16,18-20H2,1,3H3. The minimum absolute atomic E-state index is 0.0186. The van der Waals surface area contributed by atoms with Crippen molar-refractivity contribution in [2.75, 3.05) is 51.4 Å². The lowest BCUT2D eigenvalue weighted by molar-refractivity contribution is 0.137. The third kappa shape index (κ3) is 6.18. The number of ether oxygens (including phenoxy) is 2. The molecule has 232 valence electrons. The van der Waals surface area contributed by atoms with Gasteiger partial charge in [-0.25, -0.2) is 8.78 Å². The van der Waals surface area contributed by atoms with Crippen molar-refractivity contribution in [2.45, 2.75) is 44.7 Å². The molecule has 2 unspecified atom stereocenters. The third-order valence-electron chi connectivity index (χ3n) is 8.51. The molecule has 2 aliphatic heterocycles. The summed E-state index contributed by atoms with van der Waals surface area (Å²) in [6, 6.07) is 12.7. The molecule has 3 heterocycles. The number of anilines is 1. The lowest BCUT2D eigenvalue weighted by Gasteiger charge is -2.34. The van der Waals surface area contributed by atoms with E-state index in [4.69, 9.17) is 26.1 Å². The summed E-state index contributed by atoms with van der Waals surface area (Å²) in [6.07, 6.45) is 3.79. The van der Waals surface area contributed by atoms with Gasteiger partial charge in [0.15, 0.2) is 5.82 Å². The van der Waals surface area contributed by atoms with Crippen molar-refractivity contribution in [1.82, 2.24) is 20.2 Å². The Kier molecular flexibility index (Phi) is 9.16. The zero-order valence-electron chi connectivity index (χ0n) is 25.2. The van der Waals surface area contributed by atoms with Crippen LogP contribution in [-0.4, -0.2) is 73.5 Å². The summed E-state index contributed by atoms with van der Waals surface area (Å²) in [7, 11) is 1.97. The monoisotopic (exact) mass is 621 g/mol. The Balaban J connectivity index is 1.34. The molecule has 0 aliphatic carbocycles. The molecule has 0 radical (unpaired) electrons. The largest absolute Gasteiger partial charge is 0.463 e. The van der Waals surface area contributed by atoms with Crippen LogP contribution in [0.15, 0.2) is 54.7 Å². The second-order valence-electron chi connectivity index (χ2n) is 11.7. The maximum Gasteiger partial charge on any atom is 0.319 e. The molecule has 0 saturated carbocycles. The van der Waals surface area contributed by atoms with E-state index in [0.29, 0.717) is 61.5 Å². The maximum absolute atomic E-state index is 16.7. The van der Waals surface area contributed by atoms with E-state index in [1.165, 1.54) is 6.07 Å². The van der Waals surface area contributed by atoms with Gasteiger partial charge in [0.1, 0.15) is 17.2 Å². The van der Waals surface area contributed by atoms with E-state index in [1.807, 2.05) is 24.1 Å². The number of halogens is 3. The summed E-state index contributed by atoms with van der Waals surface area (Å²) >= 11 is 6.79. The zero-order valence-corrected chi connectivity index (χ0v) is 26.0. The molecule has 2 saturated heterocycles. The summed E-state index contributed by atoms with van der Waals surface area (Å²) in [5.41, 5.74) is 1.04. The number of piperazine rings is 1. The van der Waals surface area contributed by atoms with Crippen molar-refractivity contribution >= 4 is 39.1 Å². The van der Waals surface area contributed by atoms with Gasteiger partial charge >= 0.3 is 6.01 Å². The first-order valence-corrected chi connectivity index (χ1v) is 15.7. The minimum atomic E-state index is -0.697. The van der Waals surface area contributed by atoms with Crippen molar-refractivity contribution in [3.8, 4) is 17.1 Å². The smallest absolute Gasteiger partial charge is 0.319 e. The van der Waals surface area contributed by atoms with Crippen molar-refractivity contribution in [1.29, 1.82) is 0 Å². The van der Waals surface area contributed by atoms with Gasteiger partial charge in [-0.3, -0.25) is 0 Å². The van der Waals surface area contributed by atoms with Gasteiger partial charge in [0.2, 0.25) is 0 Å². The van der Waals surface area contributed by atoms with Gasteiger partial charge in [-0.2, -0.15) is 9.97 Å². The van der Waals surface area contributed by atoms with Crippen LogP contribution in [0, 0.1) is 11.6 Å². The number of hydrogen-bond acceptors (Lipinski definition) is 7. The number of fused-ring (bicyclic) bond motifs is 4. The highest BCUT2D eigenvalue weighted by Gasteiger charge is 2.34. The van der Waals surface area contributed by atoms with Crippen molar-refractivity contribution in [3.05, 3.63) is 71.4 Å². The van der Waals surface area contributed by atoms with Gasteiger partial charge in [-0.1, -0.05) is 55.4 Å². The Morgan fingerprint density at radius 2 is 1.84 bits per heavy atom. The van der Waals surface area contributed by atoms with E-state index in [0.717, 1.165) is 43.4 Å². The predicted molar refractivity (Wildman–Crippen MR) is 173 cm³/mol. The molecule has 3 aromatic carbocycles. The van der Waals surface area contributed by atoms with Crippen LogP contribution in [0.3, 0.4) is 0 Å². The third-order valence-corrected chi connectivity index (χ3v) is 8.81. The van der Waals surface area contributed by atoms with E-state index in [1.54, 1.807) is 24.3 Å². The highest BCUT2D eigenvalue weighted by Crippen LogP contribution is 2.42. The van der Waals surface area contributed by atoms with Gasteiger partial charge < -0.3 is 24.6 Å². The summed E-state index contributed by atoms with van der Waals surface area (Å²) < 4.78 is 43.7. The lowest BCUT2D eigenvalue weighted by Crippen LogP contribution is -2.51. The van der Waals surface area contributed by atoms with Crippen LogP contribution in [0.2, 0.25) is 5.02 Å². The Morgan fingerprint density at radius 3 is 2.61 bits per heavy atom. The number of nitrogens with one attached hydrogen (secondary N) is 1. The molecule has 6 rings (SSSR count). The molecule has 0 spiro atoms. The number of likely N-dealkylation sites (N-methyl/N-ethyl adjacent to an activating group) is 1. The number of aromatic nitrogens is 2. The van der Waals surface area contributed by atoms with Crippen LogP contribution >= 0.6 is 11.6 Å². The average molecular weight is 622 g/mol. The molecule has 1 aromatic heterocycles. The fourth-order valence-electron chi connectivity index (χ4n) is 6.23. The first kappa shape index (κ1) is 30.5. The van der Waals surface area contributed by atoms with Crippen molar-refractivity contribution < 1.29 is 18.3 Å². The maximum atomic E-state index is 16.7. The van der Waals surface area contributed by atoms with Crippen molar-refractivity contribution in [3.63, 3.8) is 0 Å². The predicted octanol–water partition coefficient (Wildman–Crippen LogP) is 6.96. The van der Waals surface area contributed by atoms with Crippen molar-refractivity contribution in [2.24, 2.45) is 0 Å². The second kappa shape index (κ2) is 13.2. The molecule has 2 fully saturated rings. The van der Waals surface area contributed by atoms with Gasteiger partial charge in [-0.05, 0) is 48.6 Å². The molecular weight excluding hydrogens is 584 g/mol. The first-order chi connectivity index (χ1) is 21.3. The molecule has 2 aliphatic rings. The topological polar surface area (TPSA) is 62.8 Å². The number of nitrogens with zero attached hydrogens (tertiary/aromatic N) is 4. The fraction of sp³-hybridized carbons (Fsp3) is 0.412. The summed E-state index contributed by atoms with van der Waals surface area (Å²) in [4.78, 5) is 13.5. The fourth-order valence-corrected chi connectivity index (χ4v) is 6.52. The number of benzene rings is 3. The summed E-state index contributed by atoms with van der Waals surface area (Å²) in [5, 5.41) is 5.57. The van der Waals surface area contributed by atoms with Crippen LogP contribution in [0.25, 0.3) is 32.8 Å². The molecule has 7 nitrogen and oxygen atoms in total. The Morgan fingerprint density at radius 1 is 1.07 bits per heavy atom. The molecule has 1 N–H and O–H groups in total. The van der Waals surface area contributed by atoms with Gasteiger partial charge in [0.05, 0.1) is 18.2 Å². The Hall–Kier alpha value is -3.53. The molecular formula is C34H38ClF2N5O2. The van der Waals surface area contributed by atoms with E-state index < -0.39 is 11.6 Å². The van der Waals surface area contributed by atoms with E-state index in [9.17, 15) is 0 Å². The quantitative estimate of drug-likeness (QED) is 0.172. The normalized spacial score (nSPS) is 17.9. The molecule has 44 heavy (non-hydrogen) atoms. The van der Waals surface area contributed by atoms with E-state index >= 15 is 8.78 Å². The average Bonchev–Trinajstić information content (AvgIpc) is 3.37. The van der Waals surface area contributed by atoms with Crippen LogP contribution < -0.4 is 15.0 Å². The number of rotatable bonds is 12. The highest BCUT2D eigenvalue weighted by atomic mass is 35.5. The molecule has 2 atom stereocenters. The molecule has 10 heteroatoms. The second-order valence-corrected chi connectivity index (χ2v) is 12.1. The van der Waals surface area contributed by atoms with Crippen LogP contribution in [0.4, 0.5) is 14.6 Å². The molecule has 0 amide bonds. The van der Waals surface area contributed by atoms with E-state index in [-0.39, 0.29) is 27.7 Å². The van der Waals surface area contributed by atoms with Crippen LogP contribution in [0.5, 0.6) is 6.01 Å². The van der Waals surface area contributed by atoms with Crippen LogP contribution in [0.1, 0.15) is 32.6 Å². The van der Waals surface area contributed by atoms with E-state index in [2.05, 4.69) is 28.7 Å². The Labute approximate surface area is 261 Å². The van der Waals surface area contributed by atoms with Gasteiger partial charge in [0, 0.05) is 67.6 Å². The van der Waals surface area contributed by atoms with Gasteiger partial charge in [-0.15, -0.1) is 0 Å². The highest BCUT2D eigenvalue weighted by molar-refractivity contribution is 6.35. The lowest BCUT2D eigenvalue weighted by atomic mass is 9.96. The SMILES string of the molecule is C=C(COCCC)N(C)CCCOc1nc(N2CC3CCC(C2)N3)c2cc(Cl)c(-c3c(F)ccc4ccccc34)c(F)c2n1. The molecule has 4 aromatic rings. The Bertz CT molecular complexity index is 1670. The summed E-state index contributed by atoms with van der Waals surface area (Å²) in [6.45, 7) is 9.83. The zero-order chi connectivity index (χ0) is 30.8.